The number of pyridine rings is 2. The molecular formula is C19H33F6N12O3P. The molecule has 0 radical (unpaired) electrons. The van der Waals surface area contributed by atoms with E-state index in [1.165, 1.54) is 9.69 Å². The zero-order valence-corrected chi connectivity index (χ0v) is 24.7. The van der Waals surface area contributed by atoms with Crippen LogP contribution in [0.2, 0.25) is 0 Å². The van der Waals surface area contributed by atoms with Crippen molar-refractivity contribution < 1.29 is 49.7 Å². The van der Waals surface area contributed by atoms with Gasteiger partial charge in [0.1, 0.15) is 39.2 Å². The van der Waals surface area contributed by atoms with Gasteiger partial charge >= 0.3 is 33.0 Å². The molecule has 0 saturated heterocycles. The predicted molar refractivity (Wildman–Crippen MR) is 135 cm³/mol. The van der Waals surface area contributed by atoms with Crippen molar-refractivity contribution in [1.29, 1.82) is 0 Å². The standard InChI is InChI=1S/2C9H15N6O.CH3O.F6P/c2*1-13(2)15(3,4)16-14-9-8(11-12-14)6-5-7-10-9;1-2;1-7(2,3,4,5)6/h2*5-7H,1-4H3;1H3;/q2*+1;2*-1. The number of aromatic nitrogens is 8. The summed E-state index contributed by atoms with van der Waals surface area (Å²) in [7, 11) is 5.27. The average molecular weight is 623 g/mol. The summed E-state index contributed by atoms with van der Waals surface area (Å²) >= 11 is 0. The van der Waals surface area contributed by atoms with Crippen LogP contribution in [0, 0.1) is 0 Å². The van der Waals surface area contributed by atoms with E-state index in [1.54, 1.807) is 12.4 Å². The van der Waals surface area contributed by atoms with E-state index in [-0.39, 0.29) is 9.51 Å². The molecule has 0 bridgehead atoms. The Morgan fingerprint density at radius 1 is 0.683 bits per heavy atom. The quantitative estimate of drug-likeness (QED) is 0.135. The number of fused-ring (bicyclic) bond motifs is 2. The van der Waals surface area contributed by atoms with Gasteiger partial charge in [0.2, 0.25) is 11.3 Å². The van der Waals surface area contributed by atoms with E-state index in [0.29, 0.717) is 22.3 Å². The molecule has 0 saturated carbocycles. The molecule has 15 nitrogen and oxygen atoms in total. The van der Waals surface area contributed by atoms with Gasteiger partial charge in [0.05, 0.1) is 0 Å². The molecule has 0 aliphatic carbocycles. The molecule has 4 aromatic rings. The van der Waals surface area contributed by atoms with Crippen molar-refractivity contribution in [1.82, 2.24) is 50.3 Å². The molecule has 4 rings (SSSR count). The molecule has 0 aliphatic heterocycles. The maximum atomic E-state index is 9.87. The molecule has 234 valence electrons. The number of quaternary nitrogens is 2. The predicted octanol–water partition coefficient (Wildman–Crippen LogP) is 1.80. The minimum absolute atomic E-state index is 0.190. The topological polar surface area (TPSA) is 135 Å². The summed E-state index contributed by atoms with van der Waals surface area (Å²) in [6.07, 6.45) is 3.36. The number of halogens is 6. The van der Waals surface area contributed by atoms with Crippen molar-refractivity contribution in [2.45, 2.75) is 0 Å². The van der Waals surface area contributed by atoms with E-state index in [9.17, 15) is 25.2 Å². The summed E-state index contributed by atoms with van der Waals surface area (Å²) in [5.41, 5.74) is 2.63. The number of rotatable bonds is 6. The van der Waals surface area contributed by atoms with Crippen LogP contribution in [0.25, 0.3) is 22.3 Å². The number of nitrogens with zero attached hydrogens (tertiary/aromatic N) is 12. The molecule has 0 unspecified atom stereocenters. The van der Waals surface area contributed by atoms with Crippen LogP contribution in [0.3, 0.4) is 0 Å². The Balaban J connectivity index is 0.000000320. The second-order valence-corrected chi connectivity index (χ2v) is 10.9. The minimum atomic E-state index is -10.7. The molecule has 41 heavy (non-hydrogen) atoms. The van der Waals surface area contributed by atoms with Crippen LogP contribution in [0.4, 0.5) is 25.2 Å². The Morgan fingerprint density at radius 3 is 1.24 bits per heavy atom. The number of hydrogen-bond acceptors (Lipinski definition) is 11. The Hall–Kier alpha value is -3.49. The second-order valence-electron chi connectivity index (χ2n) is 9.02. The fourth-order valence-corrected chi connectivity index (χ4v) is 2.12. The van der Waals surface area contributed by atoms with Gasteiger partial charge in [-0.25, -0.2) is 9.97 Å². The van der Waals surface area contributed by atoms with Gasteiger partial charge in [0, 0.05) is 50.3 Å². The van der Waals surface area contributed by atoms with E-state index in [0.717, 1.165) is 7.11 Å². The van der Waals surface area contributed by atoms with Gasteiger partial charge in [-0.1, -0.05) is 0 Å². The van der Waals surface area contributed by atoms with Crippen molar-refractivity contribution in [2.75, 3.05) is 63.5 Å². The summed E-state index contributed by atoms with van der Waals surface area (Å²) in [4.78, 5) is 22.3. The van der Waals surface area contributed by atoms with Gasteiger partial charge in [-0.15, -0.1) is 20.2 Å². The molecule has 0 fully saturated rings. The maximum absolute atomic E-state index is 10.7. The van der Waals surface area contributed by atoms with Crippen LogP contribution in [-0.2, 0) is 0 Å². The Bertz CT molecular complexity index is 1290. The first-order valence-corrected chi connectivity index (χ1v) is 13.2. The first kappa shape index (κ1) is 35.5. The Morgan fingerprint density at radius 2 is 0.976 bits per heavy atom. The first-order chi connectivity index (χ1) is 18.5. The second kappa shape index (κ2) is 12.2. The third-order valence-corrected chi connectivity index (χ3v) is 4.84. The van der Waals surface area contributed by atoms with Crippen molar-refractivity contribution in [3.63, 3.8) is 0 Å². The zero-order valence-electron chi connectivity index (χ0n) is 23.8. The van der Waals surface area contributed by atoms with Crippen LogP contribution in [0.5, 0.6) is 0 Å². The SMILES string of the molecule is CN(C)[N+](C)(C)On1nnc2cccnc21.CN(C)[N+](C)(C)On1nnc2cccnc21.C[O-].F[P-](F)(F)(F)(F)F. The van der Waals surface area contributed by atoms with Gasteiger partial charge in [-0.05, 0) is 44.2 Å². The van der Waals surface area contributed by atoms with Crippen molar-refractivity contribution in [2.24, 2.45) is 0 Å². The van der Waals surface area contributed by atoms with Gasteiger partial charge < -0.3 is 5.11 Å². The normalized spacial score (nSPS) is 13.7. The van der Waals surface area contributed by atoms with Crippen LogP contribution >= 0.6 is 7.81 Å². The first-order valence-electron chi connectivity index (χ1n) is 11.2. The molecular weight excluding hydrogens is 589 g/mol. The number of hydrogen-bond donors (Lipinski definition) is 0. The molecule has 0 spiro atoms. The van der Waals surface area contributed by atoms with E-state index < -0.39 is 7.81 Å². The summed E-state index contributed by atoms with van der Waals surface area (Å²) in [5, 5.41) is 27.7. The van der Waals surface area contributed by atoms with Crippen LogP contribution in [0.15, 0.2) is 36.7 Å². The molecule has 22 heteroatoms. The van der Waals surface area contributed by atoms with Gasteiger partial charge in [-0.3, -0.25) is 0 Å². The van der Waals surface area contributed by atoms with E-state index >= 15 is 0 Å². The molecule has 4 aromatic heterocycles. The van der Waals surface area contributed by atoms with Crippen LogP contribution < -0.4 is 15.0 Å². The molecule has 0 aliphatic rings. The monoisotopic (exact) mass is 622 g/mol. The van der Waals surface area contributed by atoms with Crippen molar-refractivity contribution >= 4 is 30.1 Å². The number of hydroxylamine groups is 4. The van der Waals surface area contributed by atoms with Crippen molar-refractivity contribution in [3.05, 3.63) is 36.7 Å². The summed E-state index contributed by atoms with van der Waals surface area (Å²) in [6, 6.07) is 7.30. The molecule has 0 atom stereocenters. The van der Waals surface area contributed by atoms with Crippen LogP contribution in [0.1, 0.15) is 0 Å². The van der Waals surface area contributed by atoms with Gasteiger partial charge in [-0.2, -0.15) is 17.0 Å². The molecule has 0 amide bonds. The molecule has 0 aromatic carbocycles. The average Bonchev–Trinajstić information content (AvgIpc) is 3.42. The molecule has 4 heterocycles. The third-order valence-electron chi connectivity index (χ3n) is 4.84. The van der Waals surface area contributed by atoms with Crippen LogP contribution in [-0.4, -0.2) is 123 Å². The van der Waals surface area contributed by atoms with Crippen molar-refractivity contribution in [3.8, 4) is 0 Å². The zero-order chi connectivity index (χ0) is 31.9. The van der Waals surface area contributed by atoms with E-state index in [1.807, 2.05) is 90.7 Å². The summed E-state index contributed by atoms with van der Waals surface area (Å²) in [6.45, 7) is 0. The fraction of sp³-hybridized carbons (Fsp3) is 0.474. The summed E-state index contributed by atoms with van der Waals surface area (Å²) < 4.78 is 59.6. The Kier molecular flexibility index (Phi) is 10.5. The van der Waals surface area contributed by atoms with E-state index in [2.05, 4.69) is 30.6 Å². The Labute approximate surface area is 230 Å². The third kappa shape index (κ3) is 12.7. The molecule has 0 N–H and O–H groups in total. The fourth-order valence-electron chi connectivity index (χ4n) is 2.12. The van der Waals surface area contributed by atoms with Gasteiger partial charge in [0.25, 0.3) is 0 Å². The summed E-state index contributed by atoms with van der Waals surface area (Å²) in [5.74, 6) is 0. The van der Waals surface area contributed by atoms with Gasteiger partial charge in [0.15, 0.2) is 0 Å². The van der Waals surface area contributed by atoms with E-state index in [4.69, 9.17) is 15.0 Å².